The first-order chi connectivity index (χ1) is 22.5. The maximum absolute atomic E-state index is 6.68. The van der Waals surface area contributed by atoms with Crippen LogP contribution in [0.4, 0.5) is 0 Å². The molecule has 0 unspecified atom stereocenters. The van der Waals surface area contributed by atoms with Crippen molar-refractivity contribution in [1.29, 1.82) is 0 Å². The summed E-state index contributed by atoms with van der Waals surface area (Å²) in [5, 5.41) is 0. The Morgan fingerprint density at radius 1 is 0.404 bits per heavy atom. The second-order valence-corrected chi connectivity index (χ2v) is 15.8. The van der Waals surface area contributed by atoms with Crippen LogP contribution < -0.4 is 5.73 Å². The van der Waals surface area contributed by atoms with Gasteiger partial charge in [-0.25, -0.2) is 0 Å². The number of nitrogens with two attached hydrogens (primary N) is 1. The van der Waals surface area contributed by atoms with E-state index in [0.717, 1.165) is 0 Å². The first-order valence-corrected chi connectivity index (χ1v) is 21.4. The smallest absolute Gasteiger partial charge is 0.0355 e. The van der Waals surface area contributed by atoms with Gasteiger partial charge in [-0.05, 0) is 56.2 Å². The van der Waals surface area contributed by atoms with Crippen LogP contribution in [0.2, 0.25) is 0 Å². The zero-order valence-corrected chi connectivity index (χ0v) is 32.9. The van der Waals surface area contributed by atoms with E-state index in [1.165, 1.54) is 224 Å². The third kappa shape index (κ3) is 27.6. The van der Waals surface area contributed by atoms with Crippen LogP contribution >= 0.6 is 0 Å². The molecular weight excluding hydrogens is 571 g/mol. The molecule has 0 aliphatic rings. The van der Waals surface area contributed by atoms with E-state index in [1.54, 1.807) is 11.1 Å². The molecule has 1 rings (SSSR count). The van der Waals surface area contributed by atoms with Gasteiger partial charge in [-0.1, -0.05) is 225 Å². The Morgan fingerprint density at radius 2 is 0.681 bits per heavy atom. The fourth-order valence-corrected chi connectivity index (χ4v) is 7.48. The Kier molecular flexibility index (Phi) is 33.0. The maximum atomic E-state index is 6.68. The van der Waals surface area contributed by atoms with Crippen LogP contribution in [-0.4, -0.2) is 5.48 Å². The van der Waals surface area contributed by atoms with Gasteiger partial charge < -0.3 is 11.2 Å². The average Bonchev–Trinajstić information content (AvgIpc) is 3.04. The molecule has 4 N–H and O–H groups in total. The van der Waals surface area contributed by atoms with Crippen molar-refractivity contribution in [2.45, 2.75) is 252 Å². The Bertz CT molecular complexity index is 766. The van der Waals surface area contributed by atoms with Crippen LogP contribution in [0.1, 0.15) is 250 Å². The zero-order chi connectivity index (χ0) is 33.4. The molecule has 0 spiro atoms. The van der Waals surface area contributed by atoms with Gasteiger partial charge in [0.2, 0.25) is 0 Å². The van der Waals surface area contributed by atoms with Gasteiger partial charge in [0.05, 0.1) is 0 Å². The van der Waals surface area contributed by atoms with E-state index in [1.807, 2.05) is 0 Å². The summed E-state index contributed by atoms with van der Waals surface area (Å²) in [5.74, 6) is 0. The predicted octanol–water partition coefficient (Wildman–Crippen LogP) is 14.7. The summed E-state index contributed by atoms with van der Waals surface area (Å²) in [6.45, 7) is 9.00. The molecule has 278 valence electrons. The fourth-order valence-electron chi connectivity index (χ4n) is 7.48. The summed E-state index contributed by atoms with van der Waals surface area (Å²) < 4.78 is 0. The molecule has 1 aromatic rings. The van der Waals surface area contributed by atoms with Crippen LogP contribution in [0.15, 0.2) is 18.2 Å². The summed E-state index contributed by atoms with van der Waals surface area (Å²) in [4.78, 5) is 0. The first kappa shape index (κ1) is 46.1. The van der Waals surface area contributed by atoms with Crippen molar-refractivity contribution >= 4 is 0 Å². The van der Waals surface area contributed by atoms with E-state index in [4.69, 9.17) is 5.73 Å². The molecular formula is C45H87NO. The lowest BCUT2D eigenvalue weighted by Crippen LogP contribution is -2.30. The minimum absolute atomic E-state index is 0. The fraction of sp³-hybridized carbons (Fsp3) is 0.867. The van der Waals surface area contributed by atoms with Crippen LogP contribution in [0.3, 0.4) is 0 Å². The van der Waals surface area contributed by atoms with E-state index in [9.17, 15) is 0 Å². The van der Waals surface area contributed by atoms with Crippen LogP contribution in [0.25, 0.3) is 0 Å². The molecule has 2 nitrogen and oxygen atoms in total. The molecule has 0 amide bonds. The van der Waals surface area contributed by atoms with Crippen LogP contribution in [0.5, 0.6) is 0 Å². The van der Waals surface area contributed by atoms with E-state index in [0.29, 0.717) is 0 Å². The third-order valence-corrected chi connectivity index (χ3v) is 10.5. The molecule has 0 atom stereocenters. The molecule has 0 saturated heterocycles. The molecule has 0 bridgehead atoms. The highest BCUT2D eigenvalue weighted by Crippen LogP contribution is 2.28. The monoisotopic (exact) mass is 658 g/mol. The number of aryl methyl sites for hydroxylation is 1. The van der Waals surface area contributed by atoms with Crippen molar-refractivity contribution in [3.63, 3.8) is 0 Å². The Morgan fingerprint density at radius 3 is 0.979 bits per heavy atom. The van der Waals surface area contributed by atoms with Gasteiger partial charge in [-0.2, -0.15) is 0 Å². The molecule has 2 heteroatoms. The molecule has 47 heavy (non-hydrogen) atoms. The van der Waals surface area contributed by atoms with Crippen molar-refractivity contribution in [2.75, 3.05) is 0 Å². The highest BCUT2D eigenvalue weighted by atomic mass is 16.0. The van der Waals surface area contributed by atoms with Gasteiger partial charge in [0.15, 0.2) is 0 Å². The minimum Gasteiger partial charge on any atom is -0.412 e. The maximum Gasteiger partial charge on any atom is 0.0355 e. The molecule has 0 radical (unpaired) electrons. The zero-order valence-electron chi connectivity index (χ0n) is 32.9. The summed E-state index contributed by atoms with van der Waals surface area (Å²) in [7, 11) is 0. The number of benzene rings is 1. The second kappa shape index (κ2) is 33.6. The normalized spacial score (nSPS) is 11.7. The quantitative estimate of drug-likeness (QED) is 0.0725. The summed E-state index contributed by atoms with van der Waals surface area (Å²) in [5.41, 5.74) is 11.0. The van der Waals surface area contributed by atoms with Gasteiger partial charge >= 0.3 is 0 Å². The Balaban J connectivity index is 0.0000212. The van der Waals surface area contributed by atoms with E-state index in [2.05, 4.69) is 45.9 Å². The average molecular weight is 658 g/mol. The molecule has 0 aromatic heterocycles. The second-order valence-electron chi connectivity index (χ2n) is 15.8. The van der Waals surface area contributed by atoms with E-state index < -0.39 is 0 Å². The lowest BCUT2D eigenvalue weighted by molar-refractivity contribution is 0.524. The molecule has 0 saturated carbocycles. The number of unbranched alkanes of at least 4 members (excludes halogenated alkanes) is 30. The SMILES string of the molecule is CCCCCCCCCCCCCCCCCCc1cccc(C(C)(C)N)c1CCCCCCCCCCCCCCCCCC.O. The predicted molar refractivity (Wildman–Crippen MR) is 214 cm³/mol. The highest BCUT2D eigenvalue weighted by molar-refractivity contribution is 5.39. The lowest BCUT2D eigenvalue weighted by Gasteiger charge is -2.25. The van der Waals surface area contributed by atoms with Crippen molar-refractivity contribution in [3.8, 4) is 0 Å². The molecule has 0 aliphatic carbocycles. The summed E-state index contributed by atoms with van der Waals surface area (Å²) >= 11 is 0. The number of hydrogen-bond acceptors (Lipinski definition) is 1. The van der Waals surface area contributed by atoms with Crippen LogP contribution in [-0.2, 0) is 18.4 Å². The van der Waals surface area contributed by atoms with E-state index >= 15 is 0 Å². The minimum atomic E-state index is -0.255. The lowest BCUT2D eigenvalue weighted by atomic mass is 9.84. The molecule has 1 aromatic carbocycles. The Hall–Kier alpha value is -0.860. The van der Waals surface area contributed by atoms with Gasteiger partial charge in [0, 0.05) is 5.54 Å². The molecule has 0 fully saturated rings. The molecule has 0 aliphatic heterocycles. The number of hydrogen-bond donors (Lipinski definition) is 1. The van der Waals surface area contributed by atoms with Gasteiger partial charge in [0.1, 0.15) is 0 Å². The van der Waals surface area contributed by atoms with Gasteiger partial charge in [0.25, 0.3) is 0 Å². The summed E-state index contributed by atoms with van der Waals surface area (Å²) in [6, 6.07) is 6.98. The van der Waals surface area contributed by atoms with Gasteiger partial charge in [-0.15, -0.1) is 0 Å². The van der Waals surface area contributed by atoms with Crippen molar-refractivity contribution < 1.29 is 5.48 Å². The first-order valence-electron chi connectivity index (χ1n) is 21.4. The van der Waals surface area contributed by atoms with E-state index in [-0.39, 0.29) is 11.0 Å². The standard InChI is InChI=1S/C45H85N.H2O/c1-5-7-9-11-13-15-17-19-21-23-25-27-29-31-33-35-38-42-39-37-41-44(45(3,4)46)43(42)40-36-34-32-30-28-26-24-22-20-18-16-14-12-10-8-6-2;/h37,39,41H,5-36,38,40,46H2,1-4H3;1H2. The topological polar surface area (TPSA) is 57.5 Å². The van der Waals surface area contributed by atoms with Gasteiger partial charge in [-0.3, -0.25) is 0 Å². The third-order valence-electron chi connectivity index (χ3n) is 10.5. The highest BCUT2D eigenvalue weighted by Gasteiger charge is 2.20. The summed E-state index contributed by atoms with van der Waals surface area (Å²) in [6.07, 6.45) is 48.3. The van der Waals surface area contributed by atoms with Crippen LogP contribution in [0, 0.1) is 0 Å². The van der Waals surface area contributed by atoms with Crippen molar-refractivity contribution in [3.05, 3.63) is 34.9 Å². The largest absolute Gasteiger partial charge is 0.412 e. The van der Waals surface area contributed by atoms with Crippen molar-refractivity contribution in [1.82, 2.24) is 0 Å². The number of rotatable bonds is 35. The molecule has 0 heterocycles. The van der Waals surface area contributed by atoms with Crippen molar-refractivity contribution in [2.24, 2.45) is 5.73 Å². The Labute approximate surface area is 296 Å².